The first-order valence-corrected chi connectivity index (χ1v) is 8.15. The van der Waals surface area contributed by atoms with Gasteiger partial charge in [0.15, 0.2) is 0 Å². The first kappa shape index (κ1) is 14.7. The molecule has 0 N–H and O–H groups in total. The van der Waals surface area contributed by atoms with Crippen molar-refractivity contribution in [3.63, 3.8) is 0 Å². The largest absolute Gasteiger partial charge is 0.345 e. The van der Waals surface area contributed by atoms with Gasteiger partial charge in [-0.05, 0) is 18.6 Å². The van der Waals surface area contributed by atoms with Crippen LogP contribution in [-0.4, -0.2) is 43.5 Å². The molecule has 0 radical (unpaired) electrons. The van der Waals surface area contributed by atoms with Crippen molar-refractivity contribution in [3.05, 3.63) is 61.1 Å². The van der Waals surface area contributed by atoms with Crippen molar-refractivity contribution in [2.75, 3.05) is 13.1 Å². The molecular weight excluding hydrogens is 302 g/mol. The van der Waals surface area contributed by atoms with Gasteiger partial charge in [0.05, 0.1) is 12.2 Å². The topological polar surface area (TPSA) is 56.0 Å². The maximum absolute atomic E-state index is 12.4. The van der Waals surface area contributed by atoms with Crippen LogP contribution in [0.25, 0.3) is 11.3 Å². The van der Waals surface area contributed by atoms with E-state index >= 15 is 0 Å². The zero-order valence-corrected chi connectivity index (χ0v) is 13.3. The van der Waals surface area contributed by atoms with Gasteiger partial charge < -0.3 is 9.47 Å². The van der Waals surface area contributed by atoms with Gasteiger partial charge in [0, 0.05) is 31.0 Å². The summed E-state index contributed by atoms with van der Waals surface area (Å²) in [6.07, 6.45) is 6.71. The molecule has 1 aromatic carbocycles. The first-order valence-electron chi connectivity index (χ1n) is 8.15. The summed E-state index contributed by atoms with van der Waals surface area (Å²) in [4.78, 5) is 14.3. The molecule has 1 fully saturated rings. The van der Waals surface area contributed by atoms with E-state index in [1.54, 1.807) is 0 Å². The molecule has 3 aromatic rings. The minimum absolute atomic E-state index is 0.150. The van der Waals surface area contributed by atoms with E-state index in [1.165, 1.54) is 0 Å². The van der Waals surface area contributed by atoms with Crippen molar-refractivity contribution in [1.82, 2.24) is 24.5 Å². The molecule has 2 aromatic heterocycles. The fraction of sp³-hybridized carbons (Fsp3) is 0.278. The predicted octanol–water partition coefficient (Wildman–Crippen LogP) is 2.22. The molecule has 0 saturated carbocycles. The van der Waals surface area contributed by atoms with E-state index in [0.29, 0.717) is 13.1 Å². The number of hydrogen-bond acceptors (Lipinski definition) is 3. The number of carbonyl (C=O) groups excluding carboxylic acids is 1. The van der Waals surface area contributed by atoms with Crippen molar-refractivity contribution in [3.8, 4) is 11.3 Å². The summed E-state index contributed by atoms with van der Waals surface area (Å²) in [5, 5.41) is 8.53. The van der Waals surface area contributed by atoms with Crippen LogP contribution in [0.3, 0.4) is 0 Å². The number of carbonyl (C=O) groups is 1. The number of rotatable bonds is 4. The molecule has 1 atom stereocenters. The quantitative estimate of drug-likeness (QED) is 0.740. The van der Waals surface area contributed by atoms with Crippen LogP contribution in [0.2, 0.25) is 0 Å². The lowest BCUT2D eigenvalue weighted by Gasteiger charge is -2.16. The van der Waals surface area contributed by atoms with Gasteiger partial charge in [-0.25, -0.2) is 4.68 Å². The van der Waals surface area contributed by atoms with Crippen LogP contribution in [-0.2, 0) is 11.3 Å². The van der Waals surface area contributed by atoms with Crippen molar-refractivity contribution in [2.45, 2.75) is 19.0 Å². The molecule has 3 heterocycles. The molecule has 1 aliphatic rings. The van der Waals surface area contributed by atoms with Crippen LogP contribution in [0.15, 0.2) is 61.1 Å². The number of amides is 1. The monoisotopic (exact) mass is 321 g/mol. The fourth-order valence-electron chi connectivity index (χ4n) is 3.11. The van der Waals surface area contributed by atoms with E-state index in [4.69, 9.17) is 0 Å². The Morgan fingerprint density at radius 3 is 2.71 bits per heavy atom. The Balaban J connectivity index is 1.42. The van der Waals surface area contributed by atoms with Crippen LogP contribution in [0.4, 0.5) is 0 Å². The zero-order chi connectivity index (χ0) is 16.4. The summed E-state index contributed by atoms with van der Waals surface area (Å²) in [6.45, 7) is 1.86. The molecule has 0 unspecified atom stereocenters. The molecule has 0 bridgehead atoms. The number of nitrogens with zero attached hydrogens (tertiary/aromatic N) is 5. The van der Waals surface area contributed by atoms with E-state index in [0.717, 1.165) is 24.2 Å². The van der Waals surface area contributed by atoms with Gasteiger partial charge in [0.25, 0.3) is 0 Å². The van der Waals surface area contributed by atoms with Gasteiger partial charge >= 0.3 is 0 Å². The summed E-state index contributed by atoms with van der Waals surface area (Å²) in [5.41, 5.74) is 1.93. The van der Waals surface area contributed by atoms with Crippen LogP contribution in [0, 0.1) is 0 Å². The lowest BCUT2D eigenvalue weighted by Crippen LogP contribution is -2.32. The van der Waals surface area contributed by atoms with Gasteiger partial charge in [0.1, 0.15) is 12.2 Å². The minimum atomic E-state index is 0.150. The van der Waals surface area contributed by atoms with E-state index in [-0.39, 0.29) is 11.9 Å². The van der Waals surface area contributed by atoms with Crippen molar-refractivity contribution >= 4 is 5.91 Å². The summed E-state index contributed by atoms with van der Waals surface area (Å²) in [7, 11) is 0. The molecule has 0 aliphatic carbocycles. The Bertz CT molecular complexity index is 809. The average Bonchev–Trinajstić information content (AvgIpc) is 3.36. The molecule has 0 spiro atoms. The number of benzene rings is 1. The second kappa shape index (κ2) is 6.31. The van der Waals surface area contributed by atoms with Gasteiger partial charge in [-0.15, -0.1) is 5.10 Å². The average molecular weight is 321 g/mol. The number of hydrogen-bond donors (Lipinski definition) is 0. The van der Waals surface area contributed by atoms with E-state index in [1.807, 2.05) is 75.2 Å². The zero-order valence-electron chi connectivity index (χ0n) is 13.3. The van der Waals surface area contributed by atoms with E-state index in [2.05, 4.69) is 10.3 Å². The molecule has 24 heavy (non-hydrogen) atoms. The number of aromatic nitrogens is 4. The van der Waals surface area contributed by atoms with Crippen molar-refractivity contribution < 1.29 is 4.79 Å². The molecule has 6 nitrogen and oxygen atoms in total. The summed E-state index contributed by atoms with van der Waals surface area (Å²) < 4.78 is 3.80. The highest BCUT2D eigenvalue weighted by Crippen LogP contribution is 2.23. The summed E-state index contributed by atoms with van der Waals surface area (Å²) in [5.74, 6) is 0.150. The van der Waals surface area contributed by atoms with Crippen LogP contribution >= 0.6 is 0 Å². The number of likely N-dealkylation sites (tertiary alicyclic amines) is 1. The molecule has 1 aliphatic heterocycles. The Kier molecular flexibility index (Phi) is 3.86. The Morgan fingerprint density at radius 1 is 1.12 bits per heavy atom. The molecule has 4 rings (SSSR count). The van der Waals surface area contributed by atoms with Gasteiger partial charge in [0.2, 0.25) is 5.91 Å². The Hall–Kier alpha value is -2.89. The normalized spacial score (nSPS) is 17.3. The third kappa shape index (κ3) is 2.95. The Labute approximate surface area is 140 Å². The minimum Gasteiger partial charge on any atom is -0.345 e. The second-order valence-electron chi connectivity index (χ2n) is 6.09. The predicted molar refractivity (Wildman–Crippen MR) is 90.1 cm³/mol. The van der Waals surface area contributed by atoms with Gasteiger partial charge in [-0.3, -0.25) is 4.79 Å². The van der Waals surface area contributed by atoms with Gasteiger partial charge in [-0.2, -0.15) is 0 Å². The maximum Gasteiger partial charge on any atom is 0.242 e. The van der Waals surface area contributed by atoms with Crippen molar-refractivity contribution in [2.24, 2.45) is 0 Å². The second-order valence-corrected chi connectivity index (χ2v) is 6.09. The standard InChI is InChI=1S/C18H19N5O/c24-18(14-21-9-4-5-10-21)22-11-8-16(12-22)23-13-17(19-20-23)15-6-2-1-3-7-15/h1-7,9-10,13,16H,8,11-12,14H2/t16-/m0/s1. The maximum atomic E-state index is 12.4. The van der Waals surface area contributed by atoms with Gasteiger partial charge in [-0.1, -0.05) is 35.5 Å². The fourth-order valence-corrected chi connectivity index (χ4v) is 3.11. The third-order valence-corrected chi connectivity index (χ3v) is 4.45. The summed E-state index contributed by atoms with van der Waals surface area (Å²) >= 11 is 0. The lowest BCUT2D eigenvalue weighted by atomic mass is 10.2. The lowest BCUT2D eigenvalue weighted by molar-refractivity contribution is -0.130. The molecule has 122 valence electrons. The highest BCUT2D eigenvalue weighted by molar-refractivity contribution is 5.76. The smallest absolute Gasteiger partial charge is 0.242 e. The Morgan fingerprint density at radius 2 is 1.92 bits per heavy atom. The molecule has 6 heteroatoms. The molecule has 1 amide bonds. The molecular formula is C18H19N5O. The van der Waals surface area contributed by atoms with Crippen LogP contribution in [0.5, 0.6) is 0 Å². The SMILES string of the molecule is O=C(Cn1cccc1)N1CC[C@H](n2cc(-c3ccccc3)nn2)C1. The first-order chi connectivity index (χ1) is 11.8. The highest BCUT2D eigenvalue weighted by atomic mass is 16.2. The third-order valence-electron chi connectivity index (χ3n) is 4.45. The summed E-state index contributed by atoms with van der Waals surface area (Å²) in [6, 6.07) is 14.1. The van der Waals surface area contributed by atoms with E-state index in [9.17, 15) is 4.79 Å². The van der Waals surface area contributed by atoms with Crippen LogP contribution in [0.1, 0.15) is 12.5 Å². The highest BCUT2D eigenvalue weighted by Gasteiger charge is 2.28. The van der Waals surface area contributed by atoms with Crippen molar-refractivity contribution in [1.29, 1.82) is 0 Å². The molecule has 1 saturated heterocycles. The van der Waals surface area contributed by atoms with Crippen LogP contribution < -0.4 is 0 Å². The van der Waals surface area contributed by atoms with E-state index < -0.39 is 0 Å².